The molecule has 1 unspecified atom stereocenters. The Hall–Kier alpha value is -1.98. The van der Waals surface area contributed by atoms with Crippen LogP contribution >= 0.6 is 0 Å². The predicted molar refractivity (Wildman–Crippen MR) is 73.0 cm³/mol. The SMILES string of the molecule is c1ccc2c(c1)[nH]c1nc(C3CNCCO3)ncc12. The predicted octanol–water partition coefficient (Wildman–Crippen LogP) is 1.77. The number of nitrogens with one attached hydrogen (secondary N) is 2. The van der Waals surface area contributed by atoms with E-state index in [-0.39, 0.29) is 6.10 Å². The van der Waals surface area contributed by atoms with Gasteiger partial charge in [-0.2, -0.15) is 0 Å². The number of aromatic amines is 1. The monoisotopic (exact) mass is 254 g/mol. The Bertz CT molecular complexity index is 730. The zero-order valence-electron chi connectivity index (χ0n) is 10.4. The minimum atomic E-state index is -0.0513. The number of ether oxygens (including phenoxy) is 1. The Kier molecular flexibility index (Phi) is 2.46. The van der Waals surface area contributed by atoms with Gasteiger partial charge in [0.2, 0.25) is 0 Å². The van der Waals surface area contributed by atoms with E-state index >= 15 is 0 Å². The molecule has 1 aromatic carbocycles. The van der Waals surface area contributed by atoms with Gasteiger partial charge in [-0.25, -0.2) is 9.97 Å². The summed E-state index contributed by atoms with van der Waals surface area (Å²) in [5.74, 6) is 0.742. The number of hydrogen-bond acceptors (Lipinski definition) is 4. The lowest BCUT2D eigenvalue weighted by atomic mass is 10.2. The maximum absolute atomic E-state index is 5.69. The Labute approximate surface area is 110 Å². The van der Waals surface area contributed by atoms with Gasteiger partial charge in [0.05, 0.1) is 6.61 Å². The van der Waals surface area contributed by atoms with E-state index in [9.17, 15) is 0 Å². The first-order valence-corrected chi connectivity index (χ1v) is 6.47. The van der Waals surface area contributed by atoms with E-state index in [2.05, 4.69) is 32.4 Å². The second kappa shape index (κ2) is 4.29. The fraction of sp³-hybridized carbons (Fsp3) is 0.286. The Balaban J connectivity index is 1.84. The first-order chi connectivity index (χ1) is 9.42. The molecule has 1 aliphatic heterocycles. The molecule has 1 aliphatic rings. The minimum Gasteiger partial charge on any atom is -0.368 e. The molecule has 1 fully saturated rings. The second-order valence-corrected chi connectivity index (χ2v) is 4.72. The van der Waals surface area contributed by atoms with Gasteiger partial charge in [0.1, 0.15) is 11.8 Å². The molecular formula is C14H14N4O. The van der Waals surface area contributed by atoms with Gasteiger partial charge in [-0.1, -0.05) is 18.2 Å². The normalized spacial score (nSPS) is 20.1. The summed E-state index contributed by atoms with van der Waals surface area (Å²) < 4.78 is 5.69. The molecule has 0 spiro atoms. The van der Waals surface area contributed by atoms with Crippen LogP contribution < -0.4 is 5.32 Å². The highest BCUT2D eigenvalue weighted by atomic mass is 16.5. The lowest BCUT2D eigenvalue weighted by Crippen LogP contribution is -2.34. The van der Waals surface area contributed by atoms with Crippen LogP contribution in [0.5, 0.6) is 0 Å². The average Bonchev–Trinajstić information content (AvgIpc) is 2.86. The van der Waals surface area contributed by atoms with E-state index in [1.54, 1.807) is 0 Å². The third-order valence-electron chi connectivity index (χ3n) is 3.49. The van der Waals surface area contributed by atoms with Crippen molar-refractivity contribution in [2.45, 2.75) is 6.10 Å². The fourth-order valence-electron chi connectivity index (χ4n) is 2.53. The molecule has 3 heterocycles. The Morgan fingerprint density at radius 2 is 2.16 bits per heavy atom. The van der Waals surface area contributed by atoms with Crippen LogP contribution in [0.4, 0.5) is 0 Å². The standard InChI is InChI=1S/C14H14N4O/c1-2-4-11-9(3-1)10-7-16-14(18-13(10)17-11)12-8-15-5-6-19-12/h1-4,7,12,15H,5-6,8H2,(H,16,17,18). The second-order valence-electron chi connectivity index (χ2n) is 4.72. The number of rotatable bonds is 1. The van der Waals surface area contributed by atoms with Crippen molar-refractivity contribution in [3.05, 3.63) is 36.3 Å². The zero-order valence-corrected chi connectivity index (χ0v) is 10.4. The molecule has 1 saturated heterocycles. The first kappa shape index (κ1) is 10.9. The average molecular weight is 254 g/mol. The Morgan fingerprint density at radius 3 is 3.05 bits per heavy atom. The topological polar surface area (TPSA) is 62.8 Å². The molecule has 0 aliphatic carbocycles. The maximum atomic E-state index is 5.69. The molecule has 0 radical (unpaired) electrons. The van der Waals surface area contributed by atoms with Gasteiger partial charge in [0.25, 0.3) is 0 Å². The van der Waals surface area contributed by atoms with E-state index < -0.39 is 0 Å². The van der Waals surface area contributed by atoms with Crippen molar-refractivity contribution in [2.24, 2.45) is 0 Å². The lowest BCUT2D eigenvalue weighted by molar-refractivity contribution is 0.0223. The van der Waals surface area contributed by atoms with Gasteiger partial charge in [-0.05, 0) is 6.07 Å². The van der Waals surface area contributed by atoms with Crippen molar-refractivity contribution < 1.29 is 4.74 Å². The highest BCUT2D eigenvalue weighted by Gasteiger charge is 2.19. The summed E-state index contributed by atoms with van der Waals surface area (Å²) in [5.41, 5.74) is 1.96. The van der Waals surface area contributed by atoms with Crippen LogP contribution in [0.1, 0.15) is 11.9 Å². The molecule has 5 heteroatoms. The molecule has 96 valence electrons. The number of benzene rings is 1. The number of para-hydroxylation sites is 1. The molecule has 0 amide bonds. The first-order valence-electron chi connectivity index (χ1n) is 6.47. The smallest absolute Gasteiger partial charge is 0.160 e. The number of hydrogen-bond donors (Lipinski definition) is 2. The molecule has 2 aromatic heterocycles. The van der Waals surface area contributed by atoms with Crippen LogP contribution in [-0.2, 0) is 4.74 Å². The van der Waals surface area contributed by atoms with Crippen molar-refractivity contribution in [2.75, 3.05) is 19.7 Å². The van der Waals surface area contributed by atoms with E-state index in [0.717, 1.165) is 40.9 Å². The zero-order chi connectivity index (χ0) is 12.7. The summed E-state index contributed by atoms with van der Waals surface area (Å²) in [4.78, 5) is 12.4. The molecule has 1 atom stereocenters. The number of nitrogens with zero attached hydrogens (tertiary/aromatic N) is 2. The van der Waals surface area contributed by atoms with Crippen LogP contribution in [0.2, 0.25) is 0 Å². The maximum Gasteiger partial charge on any atom is 0.160 e. The quantitative estimate of drug-likeness (QED) is 0.694. The number of fused-ring (bicyclic) bond motifs is 3. The summed E-state index contributed by atoms with van der Waals surface area (Å²) in [6.45, 7) is 2.37. The molecule has 0 bridgehead atoms. The summed E-state index contributed by atoms with van der Waals surface area (Å²) in [6, 6.07) is 8.17. The van der Waals surface area contributed by atoms with Gasteiger partial charge in [0, 0.05) is 35.6 Å². The highest BCUT2D eigenvalue weighted by Crippen LogP contribution is 2.24. The van der Waals surface area contributed by atoms with Crippen LogP contribution in [0.25, 0.3) is 21.9 Å². The van der Waals surface area contributed by atoms with E-state index in [1.807, 2.05) is 18.3 Å². The molecule has 2 N–H and O–H groups in total. The van der Waals surface area contributed by atoms with Crippen LogP contribution in [-0.4, -0.2) is 34.6 Å². The van der Waals surface area contributed by atoms with Crippen molar-refractivity contribution >= 4 is 21.9 Å². The summed E-state index contributed by atoms with van der Waals surface area (Å²) in [7, 11) is 0. The van der Waals surface area contributed by atoms with Gasteiger partial charge in [0.15, 0.2) is 5.82 Å². The Morgan fingerprint density at radius 1 is 1.21 bits per heavy atom. The van der Waals surface area contributed by atoms with Gasteiger partial charge in [-0.3, -0.25) is 0 Å². The lowest BCUT2D eigenvalue weighted by Gasteiger charge is -2.22. The molecule has 0 saturated carbocycles. The minimum absolute atomic E-state index is 0.0513. The fourth-order valence-corrected chi connectivity index (χ4v) is 2.53. The molecule has 3 aromatic rings. The van der Waals surface area contributed by atoms with Gasteiger partial charge < -0.3 is 15.0 Å². The van der Waals surface area contributed by atoms with Crippen molar-refractivity contribution in [1.82, 2.24) is 20.3 Å². The largest absolute Gasteiger partial charge is 0.368 e. The van der Waals surface area contributed by atoms with Crippen LogP contribution in [0.15, 0.2) is 30.5 Å². The summed E-state index contributed by atoms with van der Waals surface area (Å²) in [5, 5.41) is 5.51. The molecule has 5 nitrogen and oxygen atoms in total. The molecule has 19 heavy (non-hydrogen) atoms. The summed E-state index contributed by atoms with van der Waals surface area (Å²) in [6.07, 6.45) is 1.83. The molecular weight excluding hydrogens is 240 g/mol. The number of morpholine rings is 1. The van der Waals surface area contributed by atoms with Gasteiger partial charge in [-0.15, -0.1) is 0 Å². The summed E-state index contributed by atoms with van der Waals surface area (Å²) >= 11 is 0. The highest BCUT2D eigenvalue weighted by molar-refractivity contribution is 6.05. The number of aromatic nitrogens is 3. The third-order valence-corrected chi connectivity index (χ3v) is 3.49. The van der Waals surface area contributed by atoms with E-state index in [1.165, 1.54) is 0 Å². The van der Waals surface area contributed by atoms with Crippen molar-refractivity contribution in [1.29, 1.82) is 0 Å². The molecule has 4 rings (SSSR count). The third kappa shape index (κ3) is 1.78. The van der Waals surface area contributed by atoms with E-state index in [4.69, 9.17) is 4.74 Å². The number of H-pyrrole nitrogens is 1. The van der Waals surface area contributed by atoms with Crippen LogP contribution in [0.3, 0.4) is 0 Å². The van der Waals surface area contributed by atoms with Gasteiger partial charge >= 0.3 is 0 Å². The van der Waals surface area contributed by atoms with E-state index in [0.29, 0.717) is 6.61 Å². The van der Waals surface area contributed by atoms with Crippen LogP contribution in [0, 0.1) is 0 Å². The van der Waals surface area contributed by atoms with Crippen molar-refractivity contribution in [3.8, 4) is 0 Å². The van der Waals surface area contributed by atoms with Crippen molar-refractivity contribution in [3.63, 3.8) is 0 Å².